The Balaban J connectivity index is 2.70. The number of halogens is 1. The molecule has 0 radical (unpaired) electrons. The summed E-state index contributed by atoms with van der Waals surface area (Å²) in [5.74, 6) is 2.23. The molecule has 0 atom stereocenters. The Bertz CT molecular complexity index is 313. The number of rotatable bonds is 5. The molecule has 1 N–H and O–H groups in total. The predicted octanol–water partition coefficient (Wildman–Crippen LogP) is 3.15. The minimum atomic E-state index is 0.514. The van der Waals surface area contributed by atoms with Crippen molar-refractivity contribution in [1.82, 2.24) is 9.97 Å². The second-order valence-electron chi connectivity index (χ2n) is 4.02. The van der Waals surface area contributed by atoms with Gasteiger partial charge in [0.1, 0.15) is 16.8 Å². The maximum absolute atomic E-state index is 5.91. The van der Waals surface area contributed by atoms with Crippen molar-refractivity contribution >= 4 is 17.4 Å². The zero-order valence-corrected chi connectivity index (χ0v) is 10.3. The summed E-state index contributed by atoms with van der Waals surface area (Å²) in [7, 11) is 0. The third kappa shape index (κ3) is 4.47. The second-order valence-corrected chi connectivity index (χ2v) is 4.40. The summed E-state index contributed by atoms with van der Waals surface area (Å²) in [6.45, 7) is 7.32. The molecule has 0 amide bonds. The summed E-state index contributed by atoms with van der Waals surface area (Å²) in [4.78, 5) is 8.55. The van der Waals surface area contributed by atoms with E-state index in [-0.39, 0.29) is 0 Å². The van der Waals surface area contributed by atoms with Crippen LogP contribution in [0.1, 0.15) is 33.0 Å². The van der Waals surface area contributed by atoms with Gasteiger partial charge in [-0.2, -0.15) is 0 Å². The molecule has 15 heavy (non-hydrogen) atoms. The normalized spacial score (nSPS) is 10.7. The van der Waals surface area contributed by atoms with Gasteiger partial charge >= 0.3 is 0 Å². The van der Waals surface area contributed by atoms with Crippen molar-refractivity contribution in [2.24, 2.45) is 5.92 Å². The zero-order chi connectivity index (χ0) is 11.3. The number of nitrogens with one attached hydrogen (secondary N) is 1. The standard InChI is InChI=1S/C11H18ClN3/c1-4-5-10-14-9(12)6-11(15-10)13-7-8(2)3/h6,8H,4-5,7H2,1-3H3,(H,13,14,15). The van der Waals surface area contributed by atoms with E-state index in [0.29, 0.717) is 11.1 Å². The Labute approximate surface area is 96.3 Å². The number of aromatic nitrogens is 2. The van der Waals surface area contributed by atoms with Crippen LogP contribution in [0.5, 0.6) is 0 Å². The molecule has 1 aromatic rings. The van der Waals surface area contributed by atoms with Crippen LogP contribution in [0, 0.1) is 5.92 Å². The van der Waals surface area contributed by atoms with Crippen LogP contribution < -0.4 is 5.32 Å². The van der Waals surface area contributed by atoms with Crippen LogP contribution in [-0.2, 0) is 6.42 Å². The maximum Gasteiger partial charge on any atom is 0.134 e. The van der Waals surface area contributed by atoms with Gasteiger partial charge in [-0.25, -0.2) is 9.97 Å². The quantitative estimate of drug-likeness (QED) is 0.786. The smallest absolute Gasteiger partial charge is 0.134 e. The lowest BCUT2D eigenvalue weighted by atomic mass is 10.2. The number of aryl methyl sites for hydroxylation is 1. The second kappa shape index (κ2) is 5.91. The first kappa shape index (κ1) is 12.2. The van der Waals surface area contributed by atoms with E-state index in [2.05, 4.69) is 36.1 Å². The molecular weight excluding hydrogens is 210 g/mol. The molecule has 0 saturated heterocycles. The molecule has 0 aliphatic carbocycles. The third-order valence-electron chi connectivity index (χ3n) is 1.91. The van der Waals surface area contributed by atoms with Crippen LogP contribution in [-0.4, -0.2) is 16.5 Å². The number of hydrogen-bond acceptors (Lipinski definition) is 3. The van der Waals surface area contributed by atoms with Crippen molar-refractivity contribution in [3.8, 4) is 0 Å². The van der Waals surface area contributed by atoms with Crippen LogP contribution in [0.4, 0.5) is 5.82 Å². The summed E-state index contributed by atoms with van der Waals surface area (Å²) in [5, 5.41) is 3.76. The Morgan fingerprint density at radius 1 is 1.40 bits per heavy atom. The van der Waals surface area contributed by atoms with Gasteiger partial charge < -0.3 is 5.32 Å². The highest BCUT2D eigenvalue weighted by molar-refractivity contribution is 6.29. The molecule has 3 nitrogen and oxygen atoms in total. The summed E-state index contributed by atoms with van der Waals surface area (Å²) in [6, 6.07) is 1.77. The topological polar surface area (TPSA) is 37.8 Å². The van der Waals surface area contributed by atoms with Gasteiger partial charge in [-0.05, 0) is 12.3 Å². The van der Waals surface area contributed by atoms with Gasteiger partial charge in [-0.1, -0.05) is 32.4 Å². The van der Waals surface area contributed by atoms with Gasteiger partial charge in [0.15, 0.2) is 0 Å². The van der Waals surface area contributed by atoms with E-state index in [1.807, 2.05) is 0 Å². The van der Waals surface area contributed by atoms with Gasteiger partial charge in [0.05, 0.1) is 0 Å². The van der Waals surface area contributed by atoms with E-state index < -0.39 is 0 Å². The van der Waals surface area contributed by atoms with E-state index in [9.17, 15) is 0 Å². The average molecular weight is 228 g/mol. The summed E-state index contributed by atoms with van der Waals surface area (Å²) >= 11 is 5.91. The molecule has 0 saturated carbocycles. The van der Waals surface area contributed by atoms with E-state index in [0.717, 1.165) is 31.0 Å². The molecule has 0 aliphatic heterocycles. The molecule has 0 aromatic carbocycles. The molecule has 4 heteroatoms. The number of anilines is 1. The molecule has 1 rings (SSSR count). The van der Waals surface area contributed by atoms with Crippen LogP contribution in [0.15, 0.2) is 6.07 Å². The maximum atomic E-state index is 5.91. The monoisotopic (exact) mass is 227 g/mol. The summed E-state index contributed by atoms with van der Waals surface area (Å²) < 4.78 is 0. The summed E-state index contributed by atoms with van der Waals surface area (Å²) in [6.07, 6.45) is 1.90. The Kier molecular flexibility index (Phi) is 4.82. The molecule has 0 bridgehead atoms. The largest absolute Gasteiger partial charge is 0.370 e. The zero-order valence-electron chi connectivity index (χ0n) is 9.55. The van der Waals surface area contributed by atoms with E-state index in [1.165, 1.54) is 0 Å². The predicted molar refractivity (Wildman–Crippen MR) is 64.4 cm³/mol. The lowest BCUT2D eigenvalue weighted by molar-refractivity contribution is 0.685. The highest BCUT2D eigenvalue weighted by Gasteiger charge is 2.02. The van der Waals surface area contributed by atoms with Crippen LogP contribution >= 0.6 is 11.6 Å². The fourth-order valence-electron chi connectivity index (χ4n) is 1.20. The molecule has 0 aliphatic rings. The van der Waals surface area contributed by atoms with Gasteiger partial charge in [-0.3, -0.25) is 0 Å². The van der Waals surface area contributed by atoms with Crippen molar-refractivity contribution in [2.75, 3.05) is 11.9 Å². The van der Waals surface area contributed by atoms with Crippen LogP contribution in [0.2, 0.25) is 5.15 Å². The Morgan fingerprint density at radius 3 is 2.73 bits per heavy atom. The molecule has 1 heterocycles. The van der Waals surface area contributed by atoms with Crippen molar-refractivity contribution in [3.63, 3.8) is 0 Å². The first-order valence-corrected chi connectivity index (χ1v) is 5.77. The van der Waals surface area contributed by atoms with Crippen LogP contribution in [0.25, 0.3) is 0 Å². The fourth-order valence-corrected chi connectivity index (χ4v) is 1.40. The minimum Gasteiger partial charge on any atom is -0.370 e. The molecule has 1 aromatic heterocycles. The van der Waals surface area contributed by atoms with E-state index in [4.69, 9.17) is 11.6 Å². The van der Waals surface area contributed by atoms with Crippen molar-refractivity contribution < 1.29 is 0 Å². The van der Waals surface area contributed by atoms with E-state index >= 15 is 0 Å². The molecule has 0 spiro atoms. The van der Waals surface area contributed by atoms with Crippen molar-refractivity contribution in [3.05, 3.63) is 17.0 Å². The Hall–Kier alpha value is -0.830. The van der Waals surface area contributed by atoms with Gasteiger partial charge in [0, 0.05) is 19.0 Å². The summed E-state index contributed by atoms with van der Waals surface area (Å²) in [5.41, 5.74) is 0. The first-order valence-electron chi connectivity index (χ1n) is 5.39. The first-order chi connectivity index (χ1) is 7.11. The highest BCUT2D eigenvalue weighted by Crippen LogP contribution is 2.12. The van der Waals surface area contributed by atoms with Crippen molar-refractivity contribution in [1.29, 1.82) is 0 Å². The van der Waals surface area contributed by atoms with Gasteiger partial charge in [-0.15, -0.1) is 0 Å². The van der Waals surface area contributed by atoms with Gasteiger partial charge in [0.2, 0.25) is 0 Å². The third-order valence-corrected chi connectivity index (χ3v) is 2.10. The number of nitrogens with zero attached hydrogens (tertiary/aromatic N) is 2. The lowest BCUT2D eigenvalue weighted by Crippen LogP contribution is -2.10. The lowest BCUT2D eigenvalue weighted by Gasteiger charge is -2.09. The Morgan fingerprint density at radius 2 is 2.13 bits per heavy atom. The van der Waals surface area contributed by atoms with Crippen LogP contribution in [0.3, 0.4) is 0 Å². The SMILES string of the molecule is CCCc1nc(Cl)cc(NCC(C)C)n1. The van der Waals surface area contributed by atoms with Crippen molar-refractivity contribution in [2.45, 2.75) is 33.6 Å². The molecule has 84 valence electrons. The molecule has 0 fully saturated rings. The molecule has 0 unspecified atom stereocenters. The highest BCUT2D eigenvalue weighted by atomic mass is 35.5. The fraction of sp³-hybridized carbons (Fsp3) is 0.636. The molecular formula is C11H18ClN3. The van der Waals surface area contributed by atoms with Gasteiger partial charge in [0.25, 0.3) is 0 Å². The average Bonchev–Trinajstić information content (AvgIpc) is 2.14. The number of hydrogen-bond donors (Lipinski definition) is 1. The van der Waals surface area contributed by atoms with E-state index in [1.54, 1.807) is 6.07 Å². The minimum absolute atomic E-state index is 0.514.